The normalized spacial score (nSPS) is 9.55. The summed E-state index contributed by atoms with van der Waals surface area (Å²) in [5.41, 5.74) is 0. The molecule has 0 aliphatic carbocycles. The summed E-state index contributed by atoms with van der Waals surface area (Å²) in [5.74, 6) is 5.70. The van der Waals surface area contributed by atoms with Crippen molar-refractivity contribution >= 4 is 17.6 Å². The molecule has 1 aromatic heterocycles. The molecule has 1 aromatic rings. The number of rotatable bonds is 1. The summed E-state index contributed by atoms with van der Waals surface area (Å²) in [5, 5.41) is 11.1. The molecule has 1 rings (SSSR count). The number of oxime groups is 1. The average molecular weight is 165 g/mol. The molecule has 0 saturated heterocycles. The predicted octanol–water partition coefficient (Wildman–Crippen LogP) is 1.93. The Labute approximate surface area is 69.2 Å². The Kier molecular flexibility index (Phi) is 2.70. The van der Waals surface area contributed by atoms with Gasteiger partial charge in [0.15, 0.2) is 0 Å². The SMILES string of the molecule is CC#Cc1ccc(/C=N/O)s1. The Hall–Kier alpha value is -1.27. The highest BCUT2D eigenvalue weighted by Gasteiger charge is 1.92. The number of hydrogen-bond acceptors (Lipinski definition) is 3. The maximum atomic E-state index is 8.20. The first-order valence-electron chi connectivity index (χ1n) is 3.07. The van der Waals surface area contributed by atoms with Gasteiger partial charge in [0.05, 0.1) is 11.1 Å². The molecule has 0 bridgehead atoms. The largest absolute Gasteiger partial charge is 0.411 e. The van der Waals surface area contributed by atoms with Crippen molar-refractivity contribution in [3.8, 4) is 11.8 Å². The molecule has 0 aromatic carbocycles. The van der Waals surface area contributed by atoms with Gasteiger partial charge in [-0.15, -0.1) is 17.3 Å². The lowest BCUT2D eigenvalue weighted by atomic mass is 10.4. The lowest BCUT2D eigenvalue weighted by Crippen LogP contribution is -1.67. The second kappa shape index (κ2) is 3.79. The van der Waals surface area contributed by atoms with E-state index in [1.807, 2.05) is 12.1 Å². The van der Waals surface area contributed by atoms with Crippen LogP contribution in [-0.4, -0.2) is 11.4 Å². The van der Waals surface area contributed by atoms with E-state index in [4.69, 9.17) is 5.21 Å². The zero-order valence-electron chi connectivity index (χ0n) is 6.03. The van der Waals surface area contributed by atoms with E-state index in [0.717, 1.165) is 9.75 Å². The lowest BCUT2D eigenvalue weighted by Gasteiger charge is -1.76. The molecule has 0 radical (unpaired) electrons. The highest BCUT2D eigenvalue weighted by Crippen LogP contribution is 2.12. The molecule has 1 N–H and O–H groups in total. The van der Waals surface area contributed by atoms with Crippen LogP contribution in [0, 0.1) is 11.8 Å². The third kappa shape index (κ3) is 2.10. The molecule has 0 unspecified atom stereocenters. The van der Waals surface area contributed by atoms with Gasteiger partial charge < -0.3 is 5.21 Å². The fraction of sp³-hybridized carbons (Fsp3) is 0.125. The van der Waals surface area contributed by atoms with Crippen molar-refractivity contribution < 1.29 is 5.21 Å². The maximum absolute atomic E-state index is 8.20. The summed E-state index contributed by atoms with van der Waals surface area (Å²) in [6, 6.07) is 3.77. The third-order valence-corrected chi connectivity index (χ3v) is 2.00. The molecule has 2 nitrogen and oxygen atoms in total. The molecule has 0 spiro atoms. The van der Waals surface area contributed by atoms with E-state index in [1.165, 1.54) is 17.6 Å². The third-order valence-electron chi connectivity index (χ3n) is 1.06. The molecule has 3 heteroatoms. The molecule has 11 heavy (non-hydrogen) atoms. The van der Waals surface area contributed by atoms with E-state index < -0.39 is 0 Å². The number of nitrogens with zero attached hydrogens (tertiary/aromatic N) is 1. The van der Waals surface area contributed by atoms with E-state index in [2.05, 4.69) is 17.0 Å². The average Bonchev–Trinajstić information content (AvgIpc) is 2.38. The highest BCUT2D eigenvalue weighted by molar-refractivity contribution is 7.14. The quantitative estimate of drug-likeness (QED) is 0.293. The summed E-state index contributed by atoms with van der Waals surface area (Å²) in [6.45, 7) is 1.79. The summed E-state index contributed by atoms with van der Waals surface area (Å²) in [4.78, 5) is 1.90. The summed E-state index contributed by atoms with van der Waals surface area (Å²) in [7, 11) is 0. The molecule has 0 aliphatic heterocycles. The Balaban J connectivity index is 2.87. The predicted molar refractivity (Wildman–Crippen MR) is 46.3 cm³/mol. The van der Waals surface area contributed by atoms with Crippen LogP contribution in [0.4, 0.5) is 0 Å². The number of thiophene rings is 1. The first-order chi connectivity index (χ1) is 5.36. The Morgan fingerprint density at radius 2 is 2.45 bits per heavy atom. The highest BCUT2D eigenvalue weighted by atomic mass is 32.1. The van der Waals surface area contributed by atoms with Gasteiger partial charge in [0.25, 0.3) is 0 Å². The van der Waals surface area contributed by atoms with Crippen LogP contribution in [0.15, 0.2) is 17.3 Å². The van der Waals surface area contributed by atoms with Gasteiger partial charge in [-0.05, 0) is 19.1 Å². The van der Waals surface area contributed by atoms with Gasteiger partial charge in [-0.25, -0.2) is 0 Å². The summed E-state index contributed by atoms with van der Waals surface area (Å²) < 4.78 is 0. The van der Waals surface area contributed by atoms with Gasteiger partial charge in [0.1, 0.15) is 0 Å². The second-order valence-corrected chi connectivity index (χ2v) is 2.94. The molecule has 1 heterocycles. The van der Waals surface area contributed by atoms with Crippen molar-refractivity contribution in [1.29, 1.82) is 0 Å². The van der Waals surface area contributed by atoms with E-state index in [0.29, 0.717) is 0 Å². The zero-order chi connectivity index (χ0) is 8.10. The Morgan fingerprint density at radius 1 is 1.64 bits per heavy atom. The van der Waals surface area contributed by atoms with Crippen LogP contribution in [0.25, 0.3) is 0 Å². The fourth-order valence-corrected chi connectivity index (χ4v) is 1.45. The molecule has 0 atom stereocenters. The van der Waals surface area contributed by atoms with Gasteiger partial charge in [-0.3, -0.25) is 0 Å². The fourth-order valence-electron chi connectivity index (χ4n) is 0.669. The van der Waals surface area contributed by atoms with Crippen molar-refractivity contribution in [2.75, 3.05) is 0 Å². The van der Waals surface area contributed by atoms with Crippen LogP contribution in [0.2, 0.25) is 0 Å². The first-order valence-corrected chi connectivity index (χ1v) is 3.88. The van der Waals surface area contributed by atoms with Gasteiger partial charge >= 0.3 is 0 Å². The lowest BCUT2D eigenvalue weighted by molar-refractivity contribution is 0.322. The van der Waals surface area contributed by atoms with Crippen molar-refractivity contribution in [3.05, 3.63) is 21.9 Å². The minimum absolute atomic E-state index is 0.908. The van der Waals surface area contributed by atoms with Gasteiger partial charge in [0.2, 0.25) is 0 Å². The molecule has 0 fully saturated rings. The van der Waals surface area contributed by atoms with E-state index in [9.17, 15) is 0 Å². The molecule has 56 valence electrons. The van der Waals surface area contributed by atoms with E-state index in [-0.39, 0.29) is 0 Å². The minimum Gasteiger partial charge on any atom is -0.411 e. The minimum atomic E-state index is 0.908. The van der Waals surface area contributed by atoms with Gasteiger partial charge in [0, 0.05) is 4.88 Å². The smallest absolute Gasteiger partial charge is 0.0834 e. The zero-order valence-corrected chi connectivity index (χ0v) is 6.85. The standard InChI is InChI=1S/C8H7NOS/c1-2-3-7-4-5-8(11-7)6-9-10/h4-6,10H,1H3/b9-6+. The van der Waals surface area contributed by atoms with Crippen LogP contribution in [0.1, 0.15) is 16.7 Å². The van der Waals surface area contributed by atoms with Crippen LogP contribution >= 0.6 is 11.3 Å². The van der Waals surface area contributed by atoms with Gasteiger partial charge in [-0.1, -0.05) is 11.1 Å². The molecule has 0 amide bonds. The van der Waals surface area contributed by atoms with Crippen molar-refractivity contribution in [3.63, 3.8) is 0 Å². The summed E-state index contributed by atoms with van der Waals surface area (Å²) in [6.07, 6.45) is 1.39. The van der Waals surface area contributed by atoms with Crippen LogP contribution < -0.4 is 0 Å². The molecule has 0 aliphatic rings. The summed E-state index contributed by atoms with van der Waals surface area (Å²) >= 11 is 1.50. The van der Waals surface area contributed by atoms with E-state index >= 15 is 0 Å². The van der Waals surface area contributed by atoms with Crippen LogP contribution in [-0.2, 0) is 0 Å². The van der Waals surface area contributed by atoms with E-state index in [1.54, 1.807) is 6.92 Å². The Bertz CT molecular complexity index is 316. The Morgan fingerprint density at radius 3 is 3.09 bits per heavy atom. The van der Waals surface area contributed by atoms with Crippen molar-refractivity contribution in [2.24, 2.45) is 5.16 Å². The first kappa shape index (κ1) is 7.83. The number of hydrogen-bond donors (Lipinski definition) is 1. The molecular weight excluding hydrogens is 158 g/mol. The van der Waals surface area contributed by atoms with Crippen LogP contribution in [0.5, 0.6) is 0 Å². The van der Waals surface area contributed by atoms with Crippen LogP contribution in [0.3, 0.4) is 0 Å². The monoisotopic (exact) mass is 165 g/mol. The maximum Gasteiger partial charge on any atom is 0.0834 e. The molecular formula is C8H7NOS. The van der Waals surface area contributed by atoms with Gasteiger partial charge in [-0.2, -0.15) is 0 Å². The molecule has 0 saturated carbocycles. The van der Waals surface area contributed by atoms with Crippen molar-refractivity contribution in [1.82, 2.24) is 0 Å². The second-order valence-electron chi connectivity index (χ2n) is 1.82. The topological polar surface area (TPSA) is 32.6 Å². The van der Waals surface area contributed by atoms with Crippen molar-refractivity contribution in [2.45, 2.75) is 6.92 Å².